The highest BCUT2D eigenvalue weighted by molar-refractivity contribution is 5.86. The number of ketones is 3. The maximum atomic E-state index is 10.9. The van der Waals surface area contributed by atoms with Crippen molar-refractivity contribution in [3.8, 4) is 17.2 Å². The Morgan fingerprint density at radius 3 is 0.843 bits per heavy atom. The number of fused-ring (bicyclic) bond motifs is 3. The predicted octanol–water partition coefficient (Wildman–Crippen LogP) is 10.1. The molecule has 0 atom stereocenters. The highest BCUT2D eigenvalue weighted by Crippen LogP contribution is 2.24. The minimum absolute atomic E-state index is 0.236. The van der Waals surface area contributed by atoms with Gasteiger partial charge in [0.1, 0.15) is 34.6 Å². The van der Waals surface area contributed by atoms with Gasteiger partial charge in [-0.25, -0.2) is 0 Å². The van der Waals surface area contributed by atoms with E-state index in [2.05, 4.69) is 54.6 Å². The van der Waals surface area contributed by atoms with Crippen LogP contribution in [0.15, 0.2) is 109 Å². The van der Waals surface area contributed by atoms with Gasteiger partial charge in [-0.3, -0.25) is 0 Å². The Kier molecular flexibility index (Phi) is 14.3. The maximum Gasteiger partial charge on any atom is 0.130 e. The fourth-order valence-electron chi connectivity index (χ4n) is 5.63. The van der Waals surface area contributed by atoms with E-state index in [0.717, 1.165) is 52.7 Å². The highest BCUT2D eigenvalue weighted by atomic mass is 16.5. The summed E-state index contributed by atoms with van der Waals surface area (Å²) < 4.78 is 15.6. The van der Waals surface area contributed by atoms with Crippen molar-refractivity contribution in [2.24, 2.45) is 0 Å². The van der Waals surface area contributed by atoms with Gasteiger partial charge in [0.15, 0.2) is 0 Å². The van der Waals surface area contributed by atoms with Crippen molar-refractivity contribution >= 4 is 49.7 Å². The van der Waals surface area contributed by atoms with Crippen molar-refractivity contribution in [2.45, 2.75) is 59.3 Å². The second-order valence-corrected chi connectivity index (χ2v) is 12.7. The maximum absolute atomic E-state index is 10.9. The van der Waals surface area contributed by atoms with Gasteiger partial charge in [0.2, 0.25) is 0 Å². The lowest BCUT2D eigenvalue weighted by molar-refractivity contribution is -0.117. The average Bonchev–Trinajstić information content (AvgIpc) is 3.14. The predicted molar refractivity (Wildman–Crippen MR) is 209 cm³/mol. The van der Waals surface area contributed by atoms with Crippen LogP contribution in [0.2, 0.25) is 0 Å². The number of rotatable bonds is 12. The zero-order valence-electron chi connectivity index (χ0n) is 30.6. The largest absolute Gasteiger partial charge is 0.497 e. The van der Waals surface area contributed by atoms with E-state index in [1.165, 1.54) is 32.8 Å². The first-order valence-electron chi connectivity index (χ1n) is 17.2. The summed E-state index contributed by atoms with van der Waals surface area (Å²) in [6.07, 6.45) is 4.29. The first-order chi connectivity index (χ1) is 24.6. The van der Waals surface area contributed by atoms with Gasteiger partial charge < -0.3 is 28.6 Å². The summed E-state index contributed by atoms with van der Waals surface area (Å²) in [6.45, 7) is 4.89. The standard InChI is InChI=1S/3C15H16O2/c3*1-11(16)3-4-12-5-6-14-10-15(17-2)8-7-13(14)9-12/h3*5-10H,3-4H2,1-2H3. The smallest absolute Gasteiger partial charge is 0.130 e. The SMILES string of the molecule is COc1ccc2cc(CCC(C)=O)ccc2c1.COc1ccc2cc(CCC(C)=O)ccc2c1.COc1ccc2cc(CCC(C)=O)ccc2c1. The second kappa shape index (κ2) is 19.0. The summed E-state index contributed by atoms with van der Waals surface area (Å²) in [5.41, 5.74) is 3.62. The quantitative estimate of drug-likeness (QED) is 0.128. The van der Waals surface area contributed by atoms with Gasteiger partial charge in [-0.05, 0) is 125 Å². The molecule has 0 aliphatic rings. The Morgan fingerprint density at radius 1 is 0.373 bits per heavy atom. The molecule has 6 rings (SSSR count). The molecule has 0 bridgehead atoms. The van der Waals surface area contributed by atoms with Crippen molar-refractivity contribution in [1.29, 1.82) is 0 Å². The molecule has 6 nitrogen and oxygen atoms in total. The van der Waals surface area contributed by atoms with Crippen LogP contribution in [0.3, 0.4) is 0 Å². The fraction of sp³-hybridized carbons (Fsp3) is 0.267. The van der Waals surface area contributed by atoms with Crippen molar-refractivity contribution in [2.75, 3.05) is 21.3 Å². The van der Waals surface area contributed by atoms with E-state index in [0.29, 0.717) is 19.3 Å². The molecule has 0 saturated carbocycles. The molecule has 0 spiro atoms. The molecule has 0 heterocycles. The highest BCUT2D eigenvalue weighted by Gasteiger charge is 2.03. The zero-order chi connectivity index (χ0) is 36.8. The molecule has 0 radical (unpaired) electrons. The minimum Gasteiger partial charge on any atom is -0.497 e. The van der Waals surface area contributed by atoms with E-state index in [-0.39, 0.29) is 17.3 Å². The van der Waals surface area contributed by atoms with Gasteiger partial charge >= 0.3 is 0 Å². The van der Waals surface area contributed by atoms with Gasteiger partial charge in [-0.15, -0.1) is 0 Å². The zero-order valence-corrected chi connectivity index (χ0v) is 30.6. The third-order valence-electron chi connectivity index (χ3n) is 8.63. The number of methoxy groups -OCH3 is 3. The molecule has 6 heteroatoms. The molecule has 0 aliphatic heterocycles. The Balaban J connectivity index is 0.000000172. The Morgan fingerprint density at radius 2 is 0.608 bits per heavy atom. The molecule has 0 amide bonds. The lowest BCUT2D eigenvalue weighted by atomic mass is 10.0. The topological polar surface area (TPSA) is 78.9 Å². The van der Waals surface area contributed by atoms with Crippen LogP contribution >= 0.6 is 0 Å². The van der Waals surface area contributed by atoms with Gasteiger partial charge in [0.05, 0.1) is 21.3 Å². The number of carbonyl (C=O) groups is 3. The first kappa shape index (κ1) is 38.3. The molecule has 51 heavy (non-hydrogen) atoms. The van der Waals surface area contributed by atoms with Crippen LogP contribution in [0.25, 0.3) is 32.3 Å². The van der Waals surface area contributed by atoms with Crippen LogP contribution in [0.1, 0.15) is 56.7 Å². The van der Waals surface area contributed by atoms with Crippen molar-refractivity contribution in [1.82, 2.24) is 0 Å². The normalized spacial score (nSPS) is 10.5. The lowest BCUT2D eigenvalue weighted by Gasteiger charge is -2.05. The molecule has 264 valence electrons. The third kappa shape index (κ3) is 12.1. The van der Waals surface area contributed by atoms with E-state index in [1.807, 2.05) is 54.6 Å². The van der Waals surface area contributed by atoms with Gasteiger partial charge in [0, 0.05) is 19.3 Å². The molecule has 6 aromatic rings. The Bertz CT molecular complexity index is 1870. The van der Waals surface area contributed by atoms with E-state index in [1.54, 1.807) is 42.1 Å². The van der Waals surface area contributed by atoms with E-state index in [4.69, 9.17) is 14.2 Å². The average molecular weight is 685 g/mol. The molecule has 0 fully saturated rings. The Hall–Kier alpha value is -5.49. The van der Waals surface area contributed by atoms with Crippen LogP contribution in [0.4, 0.5) is 0 Å². The van der Waals surface area contributed by atoms with Crippen molar-refractivity contribution < 1.29 is 28.6 Å². The van der Waals surface area contributed by atoms with Gasteiger partial charge in [0.25, 0.3) is 0 Å². The monoisotopic (exact) mass is 684 g/mol. The summed E-state index contributed by atoms with van der Waals surface area (Å²) in [5.74, 6) is 3.32. The number of carbonyl (C=O) groups excluding carboxylic acids is 3. The van der Waals surface area contributed by atoms with Crippen LogP contribution in [-0.4, -0.2) is 38.7 Å². The second-order valence-electron chi connectivity index (χ2n) is 12.7. The van der Waals surface area contributed by atoms with Crippen LogP contribution < -0.4 is 14.2 Å². The summed E-state index contributed by atoms with van der Waals surface area (Å²) in [6, 6.07) is 36.9. The number of ether oxygens (including phenoxy) is 3. The van der Waals surface area contributed by atoms with Crippen LogP contribution in [0.5, 0.6) is 17.2 Å². The molecule has 0 aromatic heterocycles. The number of benzene rings is 6. The Labute approximate surface area is 301 Å². The first-order valence-corrected chi connectivity index (χ1v) is 17.2. The lowest BCUT2D eigenvalue weighted by Crippen LogP contribution is -1.93. The summed E-state index contributed by atoms with van der Waals surface area (Å²) in [7, 11) is 5.01. The van der Waals surface area contributed by atoms with Crippen LogP contribution in [-0.2, 0) is 33.6 Å². The molecule has 0 N–H and O–H groups in total. The van der Waals surface area contributed by atoms with E-state index >= 15 is 0 Å². The summed E-state index contributed by atoms with van der Waals surface area (Å²) >= 11 is 0. The molecular weight excluding hydrogens is 636 g/mol. The number of Topliss-reactive ketones (excluding diaryl/α,β-unsaturated/α-hetero) is 3. The third-order valence-corrected chi connectivity index (χ3v) is 8.63. The van der Waals surface area contributed by atoms with Crippen molar-refractivity contribution in [3.63, 3.8) is 0 Å². The molecule has 6 aromatic carbocycles. The van der Waals surface area contributed by atoms with E-state index < -0.39 is 0 Å². The summed E-state index contributed by atoms with van der Waals surface area (Å²) in [5, 5.41) is 7.05. The van der Waals surface area contributed by atoms with Crippen LogP contribution in [0, 0.1) is 0 Å². The fourth-order valence-corrected chi connectivity index (χ4v) is 5.63. The number of aryl methyl sites for hydroxylation is 3. The molecule has 0 saturated heterocycles. The van der Waals surface area contributed by atoms with E-state index in [9.17, 15) is 14.4 Å². The van der Waals surface area contributed by atoms with Gasteiger partial charge in [-0.1, -0.05) is 72.8 Å². The molecule has 0 unspecified atom stereocenters. The summed E-state index contributed by atoms with van der Waals surface area (Å²) in [4.78, 5) is 32.8. The minimum atomic E-state index is 0.236. The molecular formula is C45H48O6. The van der Waals surface area contributed by atoms with Crippen molar-refractivity contribution in [3.05, 3.63) is 126 Å². The van der Waals surface area contributed by atoms with Gasteiger partial charge in [-0.2, -0.15) is 0 Å². The number of hydrogen-bond acceptors (Lipinski definition) is 6. The number of hydrogen-bond donors (Lipinski definition) is 0. The molecule has 0 aliphatic carbocycles.